The van der Waals surface area contributed by atoms with E-state index in [4.69, 9.17) is 21.8 Å². The van der Waals surface area contributed by atoms with Gasteiger partial charge in [-0.3, -0.25) is 0 Å². The fraction of sp³-hybridized carbons (Fsp3) is 0.250. The summed E-state index contributed by atoms with van der Waals surface area (Å²) in [6.07, 6.45) is 1.64. The molecule has 0 saturated heterocycles. The maximum atomic E-state index is 11.1. The van der Waals surface area contributed by atoms with Gasteiger partial charge in [-0.15, -0.1) is 6.58 Å². The Kier molecular flexibility index (Phi) is 5.00. The molecule has 4 nitrogen and oxygen atoms in total. The topological polar surface area (TPSA) is 60.8 Å². The molecule has 0 amide bonds. The minimum Gasteiger partial charge on any atom is -0.478 e. The van der Waals surface area contributed by atoms with Crippen molar-refractivity contribution in [3.63, 3.8) is 0 Å². The standard InChI is InChI=1S/C12H14ClNO3/c1-2-5-14(6-7-15)11-8-9(13)3-4-10(11)12(16)17/h2-4,8,15H,1,5-7H2,(H,16,17). The van der Waals surface area contributed by atoms with Gasteiger partial charge in [-0.1, -0.05) is 17.7 Å². The van der Waals surface area contributed by atoms with E-state index in [1.54, 1.807) is 17.0 Å². The summed E-state index contributed by atoms with van der Waals surface area (Å²) in [6.45, 7) is 4.30. The summed E-state index contributed by atoms with van der Waals surface area (Å²) < 4.78 is 0. The highest BCUT2D eigenvalue weighted by Crippen LogP contribution is 2.25. The maximum Gasteiger partial charge on any atom is 0.337 e. The lowest BCUT2D eigenvalue weighted by molar-refractivity contribution is 0.0697. The summed E-state index contributed by atoms with van der Waals surface area (Å²) >= 11 is 5.86. The Balaban J connectivity index is 3.18. The van der Waals surface area contributed by atoms with Crippen molar-refractivity contribution in [1.29, 1.82) is 0 Å². The molecular formula is C12H14ClNO3. The molecule has 0 aliphatic rings. The van der Waals surface area contributed by atoms with Crippen LogP contribution in [0, 0.1) is 0 Å². The van der Waals surface area contributed by atoms with Crippen LogP contribution >= 0.6 is 11.6 Å². The van der Waals surface area contributed by atoms with Crippen LogP contribution in [0.4, 0.5) is 5.69 Å². The highest BCUT2D eigenvalue weighted by Gasteiger charge is 2.15. The van der Waals surface area contributed by atoms with Crippen molar-refractivity contribution in [1.82, 2.24) is 0 Å². The average Bonchev–Trinajstić information content (AvgIpc) is 2.28. The van der Waals surface area contributed by atoms with E-state index < -0.39 is 5.97 Å². The summed E-state index contributed by atoms with van der Waals surface area (Å²) in [6, 6.07) is 4.55. The van der Waals surface area contributed by atoms with Gasteiger partial charge in [0.15, 0.2) is 0 Å². The van der Waals surface area contributed by atoms with Gasteiger partial charge in [0, 0.05) is 18.1 Å². The molecule has 0 unspecified atom stereocenters. The smallest absolute Gasteiger partial charge is 0.337 e. The molecule has 1 aromatic rings. The molecule has 17 heavy (non-hydrogen) atoms. The van der Waals surface area contributed by atoms with Crippen molar-refractivity contribution in [2.45, 2.75) is 0 Å². The third kappa shape index (κ3) is 3.47. The van der Waals surface area contributed by atoms with E-state index in [0.29, 0.717) is 23.8 Å². The van der Waals surface area contributed by atoms with E-state index in [9.17, 15) is 4.79 Å². The minimum absolute atomic E-state index is 0.0700. The van der Waals surface area contributed by atoms with E-state index >= 15 is 0 Å². The third-order valence-electron chi connectivity index (χ3n) is 2.25. The number of hydrogen-bond donors (Lipinski definition) is 2. The number of carbonyl (C=O) groups is 1. The molecular weight excluding hydrogens is 242 g/mol. The number of aromatic carboxylic acids is 1. The molecule has 0 radical (unpaired) electrons. The Hall–Kier alpha value is -1.52. The van der Waals surface area contributed by atoms with Gasteiger partial charge in [-0.05, 0) is 18.2 Å². The lowest BCUT2D eigenvalue weighted by Crippen LogP contribution is -2.28. The van der Waals surface area contributed by atoms with Crippen molar-refractivity contribution in [2.24, 2.45) is 0 Å². The normalized spacial score (nSPS) is 10.0. The highest BCUT2D eigenvalue weighted by molar-refractivity contribution is 6.31. The Morgan fingerprint density at radius 1 is 1.53 bits per heavy atom. The molecule has 0 heterocycles. The minimum atomic E-state index is -1.02. The van der Waals surface area contributed by atoms with Gasteiger partial charge in [0.1, 0.15) is 0 Å². The number of anilines is 1. The number of halogens is 1. The van der Waals surface area contributed by atoms with Crippen LogP contribution in [-0.2, 0) is 0 Å². The van der Waals surface area contributed by atoms with E-state index in [1.165, 1.54) is 12.1 Å². The average molecular weight is 256 g/mol. The van der Waals surface area contributed by atoms with Gasteiger partial charge in [0.05, 0.1) is 17.9 Å². The van der Waals surface area contributed by atoms with Crippen molar-refractivity contribution in [3.8, 4) is 0 Å². The van der Waals surface area contributed by atoms with E-state index in [-0.39, 0.29) is 12.2 Å². The van der Waals surface area contributed by atoms with Crippen LogP contribution in [0.25, 0.3) is 0 Å². The van der Waals surface area contributed by atoms with Crippen LogP contribution < -0.4 is 4.90 Å². The van der Waals surface area contributed by atoms with Crippen molar-refractivity contribution >= 4 is 23.3 Å². The number of carboxylic acids is 1. The number of aliphatic hydroxyl groups excluding tert-OH is 1. The van der Waals surface area contributed by atoms with Crippen LogP contribution in [-0.4, -0.2) is 35.9 Å². The van der Waals surface area contributed by atoms with Crippen LogP contribution in [0.15, 0.2) is 30.9 Å². The van der Waals surface area contributed by atoms with Crippen LogP contribution in [0.5, 0.6) is 0 Å². The van der Waals surface area contributed by atoms with Gasteiger partial charge < -0.3 is 15.1 Å². The lowest BCUT2D eigenvalue weighted by atomic mass is 10.1. The molecule has 0 bridgehead atoms. The van der Waals surface area contributed by atoms with Crippen LogP contribution in [0.2, 0.25) is 5.02 Å². The molecule has 0 aliphatic carbocycles. The molecule has 0 atom stereocenters. The van der Waals surface area contributed by atoms with Crippen molar-refractivity contribution < 1.29 is 15.0 Å². The molecule has 1 aromatic carbocycles. The summed E-state index contributed by atoms with van der Waals surface area (Å²) in [5.74, 6) is -1.02. The van der Waals surface area contributed by atoms with Crippen LogP contribution in [0.3, 0.4) is 0 Å². The largest absolute Gasteiger partial charge is 0.478 e. The summed E-state index contributed by atoms with van der Waals surface area (Å²) in [5, 5.41) is 18.5. The Morgan fingerprint density at radius 3 is 2.76 bits per heavy atom. The number of aliphatic hydroxyl groups is 1. The first-order chi connectivity index (χ1) is 8.10. The SMILES string of the molecule is C=CCN(CCO)c1cc(Cl)ccc1C(=O)O. The number of rotatable bonds is 6. The van der Waals surface area contributed by atoms with Crippen molar-refractivity contribution in [3.05, 3.63) is 41.4 Å². The van der Waals surface area contributed by atoms with Crippen molar-refractivity contribution in [2.75, 3.05) is 24.6 Å². The molecule has 1 rings (SSSR count). The first-order valence-corrected chi connectivity index (χ1v) is 5.47. The van der Waals surface area contributed by atoms with E-state index in [0.717, 1.165) is 0 Å². The Morgan fingerprint density at radius 2 is 2.24 bits per heavy atom. The first kappa shape index (κ1) is 13.5. The predicted octanol–water partition coefficient (Wildman–Crippen LogP) is 2.02. The van der Waals surface area contributed by atoms with Gasteiger partial charge in [0.2, 0.25) is 0 Å². The summed E-state index contributed by atoms with van der Waals surface area (Å²) in [7, 11) is 0. The van der Waals surface area contributed by atoms with E-state index in [2.05, 4.69) is 6.58 Å². The van der Waals surface area contributed by atoms with Gasteiger partial charge in [-0.2, -0.15) is 0 Å². The molecule has 92 valence electrons. The lowest BCUT2D eigenvalue weighted by Gasteiger charge is -2.24. The fourth-order valence-corrected chi connectivity index (χ4v) is 1.70. The second-order valence-electron chi connectivity index (χ2n) is 3.42. The zero-order chi connectivity index (χ0) is 12.8. The third-order valence-corrected chi connectivity index (χ3v) is 2.49. The highest BCUT2D eigenvalue weighted by atomic mass is 35.5. The second kappa shape index (κ2) is 6.27. The summed E-state index contributed by atoms with van der Waals surface area (Å²) in [4.78, 5) is 12.8. The first-order valence-electron chi connectivity index (χ1n) is 5.09. The quantitative estimate of drug-likeness (QED) is 0.764. The van der Waals surface area contributed by atoms with Gasteiger partial charge in [-0.25, -0.2) is 4.79 Å². The van der Waals surface area contributed by atoms with Gasteiger partial charge >= 0.3 is 5.97 Å². The zero-order valence-electron chi connectivity index (χ0n) is 9.27. The second-order valence-corrected chi connectivity index (χ2v) is 3.86. The maximum absolute atomic E-state index is 11.1. The number of nitrogens with zero attached hydrogens (tertiary/aromatic N) is 1. The van der Waals surface area contributed by atoms with Crippen LogP contribution in [0.1, 0.15) is 10.4 Å². The zero-order valence-corrected chi connectivity index (χ0v) is 10.0. The molecule has 5 heteroatoms. The molecule has 0 aromatic heterocycles. The monoisotopic (exact) mass is 255 g/mol. The number of benzene rings is 1. The predicted molar refractivity (Wildman–Crippen MR) is 67.9 cm³/mol. The van der Waals surface area contributed by atoms with Gasteiger partial charge in [0.25, 0.3) is 0 Å². The van der Waals surface area contributed by atoms with E-state index in [1.807, 2.05) is 0 Å². The Labute approximate surface area is 105 Å². The molecule has 0 spiro atoms. The summed E-state index contributed by atoms with van der Waals surface area (Å²) in [5.41, 5.74) is 0.642. The molecule has 0 aliphatic heterocycles. The molecule has 2 N–H and O–H groups in total. The molecule has 0 fully saturated rings. The molecule has 0 saturated carbocycles. The fourth-order valence-electron chi connectivity index (χ4n) is 1.53. The number of hydrogen-bond acceptors (Lipinski definition) is 3. The number of carboxylic acid groups (broad SMARTS) is 1. The Bertz CT molecular complexity index is 420.